The molecule has 0 saturated heterocycles. The molecule has 3 rings (SSSR count). The first-order chi connectivity index (χ1) is 9.69. The lowest BCUT2D eigenvalue weighted by molar-refractivity contribution is 0.519. The Bertz CT molecular complexity index is 740. The second-order valence-electron chi connectivity index (χ2n) is 4.23. The largest absolute Gasteiger partial charge is 0.325 e. The van der Waals surface area contributed by atoms with Gasteiger partial charge in [-0.25, -0.2) is 9.37 Å². The first-order valence-corrected chi connectivity index (χ1v) is 7.26. The van der Waals surface area contributed by atoms with Gasteiger partial charge < -0.3 is 4.57 Å². The van der Waals surface area contributed by atoms with E-state index in [2.05, 4.69) is 31.2 Å². The molecule has 104 valence electrons. The molecule has 0 bridgehead atoms. The summed E-state index contributed by atoms with van der Waals surface area (Å²) in [6, 6.07) is 3.12. The van der Waals surface area contributed by atoms with Gasteiger partial charge in [0.1, 0.15) is 11.6 Å². The van der Waals surface area contributed by atoms with E-state index in [9.17, 15) is 4.39 Å². The molecule has 1 aromatic carbocycles. The molecule has 0 radical (unpaired) electrons. The predicted molar refractivity (Wildman–Crippen MR) is 77.0 cm³/mol. The minimum absolute atomic E-state index is 0.269. The average molecular weight is 359 g/mol. The van der Waals surface area contributed by atoms with E-state index in [-0.39, 0.29) is 11.7 Å². The number of fused-ring (bicyclic) bond motifs is 1. The third kappa shape index (κ3) is 2.43. The highest BCUT2D eigenvalue weighted by atomic mass is 79.9. The molecule has 2 heterocycles. The Labute approximate surface area is 127 Å². The van der Waals surface area contributed by atoms with Gasteiger partial charge >= 0.3 is 0 Å². The van der Waals surface area contributed by atoms with E-state index in [0.717, 1.165) is 5.52 Å². The van der Waals surface area contributed by atoms with Gasteiger partial charge in [0.05, 0.1) is 34.1 Å². The Morgan fingerprint density at radius 1 is 1.30 bits per heavy atom. The van der Waals surface area contributed by atoms with E-state index >= 15 is 0 Å². The van der Waals surface area contributed by atoms with Crippen molar-refractivity contribution >= 4 is 38.6 Å². The summed E-state index contributed by atoms with van der Waals surface area (Å²) in [5.41, 5.74) is 1.44. The van der Waals surface area contributed by atoms with Gasteiger partial charge in [0.25, 0.3) is 0 Å². The summed E-state index contributed by atoms with van der Waals surface area (Å²) < 4.78 is 17.7. The molecule has 8 heteroatoms. The standard InChI is InChI=1S/C12H10BrClFN5/c13-8-5-11-10(6-9(8)15)17-12(7-14)20(11)4-3-19-2-1-16-18-19/h1-2,5-6H,3-4,7H2. The molecule has 3 aromatic rings. The van der Waals surface area contributed by atoms with E-state index in [0.29, 0.717) is 28.9 Å². The van der Waals surface area contributed by atoms with Crippen molar-refractivity contribution in [2.24, 2.45) is 0 Å². The third-order valence-electron chi connectivity index (χ3n) is 3.01. The van der Waals surface area contributed by atoms with Crippen LogP contribution in [0.5, 0.6) is 0 Å². The fourth-order valence-electron chi connectivity index (χ4n) is 2.08. The lowest BCUT2D eigenvalue weighted by Crippen LogP contribution is -2.10. The molecule has 0 aliphatic rings. The average Bonchev–Trinajstić information content (AvgIpc) is 3.05. The topological polar surface area (TPSA) is 48.5 Å². The highest BCUT2D eigenvalue weighted by Crippen LogP contribution is 2.25. The predicted octanol–water partition coefficient (Wildman–Crippen LogP) is 2.97. The van der Waals surface area contributed by atoms with Gasteiger partial charge in [0.2, 0.25) is 0 Å². The van der Waals surface area contributed by atoms with Crippen LogP contribution < -0.4 is 0 Å². The Morgan fingerprint density at radius 3 is 2.85 bits per heavy atom. The maximum Gasteiger partial charge on any atom is 0.139 e. The Kier molecular flexibility index (Phi) is 3.71. The molecule has 0 spiro atoms. The molecular weight excluding hydrogens is 349 g/mol. The first-order valence-electron chi connectivity index (χ1n) is 5.93. The number of rotatable bonds is 4. The quantitative estimate of drug-likeness (QED) is 0.674. The summed E-state index contributed by atoms with van der Waals surface area (Å²) in [6.45, 7) is 1.28. The van der Waals surface area contributed by atoms with Crippen LogP contribution >= 0.6 is 27.5 Å². The van der Waals surface area contributed by atoms with Gasteiger partial charge in [-0.1, -0.05) is 5.21 Å². The number of nitrogens with zero attached hydrogens (tertiary/aromatic N) is 5. The van der Waals surface area contributed by atoms with E-state index in [1.165, 1.54) is 6.07 Å². The van der Waals surface area contributed by atoms with Crippen LogP contribution in [0.4, 0.5) is 4.39 Å². The highest BCUT2D eigenvalue weighted by molar-refractivity contribution is 9.10. The minimum Gasteiger partial charge on any atom is -0.325 e. The molecule has 2 aromatic heterocycles. The van der Waals surface area contributed by atoms with Crippen LogP contribution in [0.15, 0.2) is 29.0 Å². The van der Waals surface area contributed by atoms with E-state index < -0.39 is 0 Å². The number of halogens is 3. The van der Waals surface area contributed by atoms with Crippen LogP contribution in [0.1, 0.15) is 5.82 Å². The second kappa shape index (κ2) is 5.49. The van der Waals surface area contributed by atoms with Crippen molar-refractivity contribution in [2.75, 3.05) is 0 Å². The summed E-state index contributed by atoms with van der Waals surface area (Å²) in [4.78, 5) is 4.36. The number of benzene rings is 1. The Hall–Kier alpha value is -1.47. The monoisotopic (exact) mass is 357 g/mol. The maximum absolute atomic E-state index is 13.6. The SMILES string of the molecule is Fc1cc2nc(CCl)n(CCn3ccnn3)c2cc1Br. The Morgan fingerprint density at radius 2 is 2.15 bits per heavy atom. The number of hydrogen-bond acceptors (Lipinski definition) is 3. The lowest BCUT2D eigenvalue weighted by atomic mass is 10.3. The number of aryl methyl sites for hydroxylation is 2. The maximum atomic E-state index is 13.6. The third-order valence-corrected chi connectivity index (χ3v) is 3.86. The molecule has 0 aliphatic heterocycles. The summed E-state index contributed by atoms with van der Waals surface area (Å²) in [6.07, 6.45) is 3.41. The molecule has 0 N–H and O–H groups in total. The van der Waals surface area contributed by atoms with Gasteiger partial charge in [0.15, 0.2) is 0 Å². The van der Waals surface area contributed by atoms with Crippen LogP contribution in [0.3, 0.4) is 0 Å². The van der Waals surface area contributed by atoms with E-state index in [4.69, 9.17) is 11.6 Å². The van der Waals surface area contributed by atoms with Crippen molar-refractivity contribution in [3.63, 3.8) is 0 Å². The van der Waals surface area contributed by atoms with Crippen LogP contribution in [0.2, 0.25) is 0 Å². The van der Waals surface area contributed by atoms with Crippen LogP contribution in [0, 0.1) is 5.82 Å². The van der Waals surface area contributed by atoms with Gasteiger partial charge in [-0.15, -0.1) is 16.7 Å². The van der Waals surface area contributed by atoms with Crippen LogP contribution in [0.25, 0.3) is 11.0 Å². The van der Waals surface area contributed by atoms with Crippen molar-refractivity contribution < 1.29 is 4.39 Å². The van der Waals surface area contributed by atoms with E-state index in [1.54, 1.807) is 23.1 Å². The Balaban J connectivity index is 2.01. The van der Waals surface area contributed by atoms with Gasteiger partial charge in [-0.2, -0.15) is 0 Å². The summed E-state index contributed by atoms with van der Waals surface area (Å²) >= 11 is 9.12. The lowest BCUT2D eigenvalue weighted by Gasteiger charge is -2.07. The summed E-state index contributed by atoms with van der Waals surface area (Å²) in [5, 5.41) is 7.67. The minimum atomic E-state index is -0.334. The molecule has 20 heavy (non-hydrogen) atoms. The molecule has 0 atom stereocenters. The number of alkyl halides is 1. The van der Waals surface area contributed by atoms with Crippen molar-refractivity contribution in [1.82, 2.24) is 24.5 Å². The van der Waals surface area contributed by atoms with Crippen molar-refractivity contribution in [3.05, 3.63) is 40.6 Å². The first kappa shape index (κ1) is 13.5. The number of hydrogen-bond donors (Lipinski definition) is 0. The number of aromatic nitrogens is 5. The fraction of sp³-hybridized carbons (Fsp3) is 0.250. The van der Waals surface area contributed by atoms with Gasteiger partial charge in [0, 0.05) is 18.8 Å². The zero-order valence-electron chi connectivity index (χ0n) is 10.3. The second-order valence-corrected chi connectivity index (χ2v) is 5.36. The normalized spacial score (nSPS) is 11.3. The fourth-order valence-corrected chi connectivity index (χ4v) is 2.61. The smallest absolute Gasteiger partial charge is 0.139 e. The molecule has 0 fully saturated rings. The van der Waals surface area contributed by atoms with Crippen LogP contribution in [-0.4, -0.2) is 24.5 Å². The summed E-state index contributed by atoms with van der Waals surface area (Å²) in [5.74, 6) is 0.643. The molecular formula is C12H10BrClFN5. The van der Waals surface area contributed by atoms with Crippen molar-refractivity contribution in [3.8, 4) is 0 Å². The molecule has 0 amide bonds. The molecule has 0 saturated carbocycles. The van der Waals surface area contributed by atoms with Gasteiger partial charge in [-0.3, -0.25) is 4.68 Å². The van der Waals surface area contributed by atoms with Gasteiger partial charge in [-0.05, 0) is 22.0 Å². The van der Waals surface area contributed by atoms with Crippen LogP contribution in [-0.2, 0) is 19.0 Å². The summed E-state index contributed by atoms with van der Waals surface area (Å²) in [7, 11) is 0. The highest BCUT2D eigenvalue weighted by Gasteiger charge is 2.13. The zero-order chi connectivity index (χ0) is 14.1. The van der Waals surface area contributed by atoms with Crippen molar-refractivity contribution in [2.45, 2.75) is 19.0 Å². The van der Waals surface area contributed by atoms with E-state index in [1.807, 2.05) is 4.57 Å². The number of imidazole rings is 1. The van der Waals surface area contributed by atoms with Crippen molar-refractivity contribution in [1.29, 1.82) is 0 Å². The molecule has 0 unspecified atom stereocenters. The zero-order valence-corrected chi connectivity index (χ0v) is 12.6. The molecule has 0 aliphatic carbocycles. The molecule has 5 nitrogen and oxygen atoms in total.